The van der Waals surface area contributed by atoms with Crippen molar-refractivity contribution in [3.05, 3.63) is 47.2 Å². The van der Waals surface area contributed by atoms with Crippen molar-refractivity contribution in [1.82, 2.24) is 18.8 Å². The Kier molecular flexibility index (Phi) is 5.74. The van der Waals surface area contributed by atoms with Crippen molar-refractivity contribution >= 4 is 33.0 Å². The molecule has 0 unspecified atom stereocenters. The SMILES string of the molecule is CCOC(=O)Cn1c(=O)oc2cc(S(=O)(=O)N3CCN(c4ncccn4)CC3)ccc21. The number of nitrogens with zero attached hydrogens (tertiary/aromatic N) is 5. The maximum absolute atomic E-state index is 13.1. The maximum Gasteiger partial charge on any atom is 0.420 e. The fourth-order valence-electron chi connectivity index (χ4n) is 3.42. The summed E-state index contributed by atoms with van der Waals surface area (Å²) in [5.41, 5.74) is 0.412. The first kappa shape index (κ1) is 21.0. The number of oxazole rings is 1. The molecule has 0 spiro atoms. The van der Waals surface area contributed by atoms with Crippen LogP contribution in [0, 0.1) is 0 Å². The van der Waals surface area contributed by atoms with E-state index in [1.54, 1.807) is 25.4 Å². The third-order valence-corrected chi connectivity index (χ3v) is 6.84. The quantitative estimate of drug-likeness (QED) is 0.495. The number of hydrogen-bond donors (Lipinski definition) is 0. The molecule has 1 saturated heterocycles. The Morgan fingerprint density at radius 2 is 1.87 bits per heavy atom. The smallest absolute Gasteiger partial charge is 0.420 e. The van der Waals surface area contributed by atoms with Crippen molar-refractivity contribution in [2.24, 2.45) is 0 Å². The molecule has 1 fully saturated rings. The van der Waals surface area contributed by atoms with Gasteiger partial charge in [0.05, 0.1) is 17.0 Å². The lowest BCUT2D eigenvalue weighted by Gasteiger charge is -2.33. The molecule has 0 radical (unpaired) electrons. The number of hydrogen-bond acceptors (Lipinski definition) is 9. The van der Waals surface area contributed by atoms with E-state index in [1.807, 2.05) is 4.90 Å². The first-order valence-corrected chi connectivity index (χ1v) is 11.2. The minimum atomic E-state index is -3.79. The molecule has 164 valence electrons. The maximum atomic E-state index is 13.1. The van der Waals surface area contributed by atoms with Crippen LogP contribution in [0.2, 0.25) is 0 Å². The summed E-state index contributed by atoms with van der Waals surface area (Å²) >= 11 is 0. The van der Waals surface area contributed by atoms with Crippen LogP contribution in [0.15, 0.2) is 50.8 Å². The number of benzene rings is 1. The molecule has 1 aliphatic rings. The van der Waals surface area contributed by atoms with Crippen molar-refractivity contribution in [1.29, 1.82) is 0 Å². The minimum absolute atomic E-state index is 0.0152. The molecular weight excluding hydrogens is 426 g/mol. The van der Waals surface area contributed by atoms with Crippen LogP contribution in [0.5, 0.6) is 0 Å². The highest BCUT2D eigenvalue weighted by atomic mass is 32.2. The Morgan fingerprint density at radius 3 is 2.55 bits per heavy atom. The van der Waals surface area contributed by atoms with E-state index in [-0.39, 0.29) is 36.7 Å². The van der Waals surface area contributed by atoms with Crippen LogP contribution in [0.1, 0.15) is 6.92 Å². The Labute approximate surface area is 177 Å². The third kappa shape index (κ3) is 4.16. The Hall–Kier alpha value is -3.25. The standard InChI is InChI=1S/C19H21N5O6S/c1-2-29-17(25)13-24-15-5-4-14(12-16(15)30-19(24)26)31(27,28)23-10-8-22(9-11-23)18-20-6-3-7-21-18/h3-7,12H,2,8-11,13H2,1H3. The number of aromatic nitrogens is 3. The monoisotopic (exact) mass is 447 g/mol. The molecule has 4 rings (SSSR count). The average molecular weight is 447 g/mol. The van der Waals surface area contributed by atoms with Gasteiger partial charge < -0.3 is 14.1 Å². The zero-order valence-electron chi connectivity index (χ0n) is 16.8. The van der Waals surface area contributed by atoms with Gasteiger partial charge in [-0.1, -0.05) is 0 Å². The molecule has 12 heteroatoms. The fourth-order valence-corrected chi connectivity index (χ4v) is 4.86. The van der Waals surface area contributed by atoms with E-state index in [4.69, 9.17) is 9.15 Å². The van der Waals surface area contributed by atoms with Crippen LogP contribution in [0.4, 0.5) is 5.95 Å². The lowest BCUT2D eigenvalue weighted by Crippen LogP contribution is -2.49. The predicted octanol–water partition coefficient (Wildman–Crippen LogP) is 0.459. The van der Waals surface area contributed by atoms with E-state index in [0.29, 0.717) is 24.6 Å². The molecule has 0 atom stereocenters. The molecule has 0 aliphatic carbocycles. The van der Waals surface area contributed by atoms with Gasteiger partial charge in [0.15, 0.2) is 5.58 Å². The van der Waals surface area contributed by atoms with Gasteiger partial charge in [-0.2, -0.15) is 4.31 Å². The molecule has 2 aromatic heterocycles. The second kappa shape index (κ2) is 8.47. The third-order valence-electron chi connectivity index (χ3n) is 4.94. The van der Waals surface area contributed by atoms with E-state index in [1.165, 1.54) is 22.5 Å². The molecule has 0 N–H and O–H groups in total. The topological polar surface area (TPSA) is 128 Å². The second-order valence-corrected chi connectivity index (χ2v) is 8.77. The highest BCUT2D eigenvalue weighted by Gasteiger charge is 2.30. The summed E-state index contributed by atoms with van der Waals surface area (Å²) in [4.78, 5) is 34.2. The van der Waals surface area contributed by atoms with Crippen LogP contribution >= 0.6 is 0 Å². The van der Waals surface area contributed by atoms with Gasteiger partial charge in [0.1, 0.15) is 6.54 Å². The van der Waals surface area contributed by atoms with Crippen LogP contribution in [0.3, 0.4) is 0 Å². The first-order chi connectivity index (χ1) is 14.9. The van der Waals surface area contributed by atoms with Gasteiger partial charge >= 0.3 is 11.7 Å². The molecule has 0 amide bonds. The summed E-state index contributed by atoms with van der Waals surface area (Å²) in [6, 6.07) is 5.89. The summed E-state index contributed by atoms with van der Waals surface area (Å²) in [5.74, 6) is -0.774. The van der Waals surface area contributed by atoms with E-state index in [9.17, 15) is 18.0 Å². The number of rotatable bonds is 6. The number of fused-ring (bicyclic) bond motifs is 1. The molecule has 0 saturated carbocycles. The lowest BCUT2D eigenvalue weighted by atomic mass is 10.3. The van der Waals surface area contributed by atoms with Crippen LogP contribution in [0.25, 0.3) is 11.1 Å². The lowest BCUT2D eigenvalue weighted by molar-refractivity contribution is -0.143. The predicted molar refractivity (Wildman–Crippen MR) is 110 cm³/mol. The van der Waals surface area contributed by atoms with Gasteiger partial charge in [0.25, 0.3) is 0 Å². The highest BCUT2D eigenvalue weighted by Crippen LogP contribution is 2.23. The van der Waals surface area contributed by atoms with Gasteiger partial charge in [-0.3, -0.25) is 9.36 Å². The summed E-state index contributed by atoms with van der Waals surface area (Å²) in [6.07, 6.45) is 3.28. The zero-order chi connectivity index (χ0) is 22.0. The molecule has 0 bridgehead atoms. The number of sulfonamides is 1. The van der Waals surface area contributed by atoms with Crippen LogP contribution < -0.4 is 10.7 Å². The molecule has 11 nitrogen and oxygen atoms in total. The summed E-state index contributed by atoms with van der Waals surface area (Å²) in [6.45, 7) is 2.99. The van der Waals surface area contributed by atoms with E-state index in [2.05, 4.69) is 9.97 Å². The first-order valence-electron chi connectivity index (χ1n) is 9.71. The van der Waals surface area contributed by atoms with E-state index >= 15 is 0 Å². The van der Waals surface area contributed by atoms with Gasteiger partial charge in [-0.25, -0.2) is 23.2 Å². The molecule has 1 aromatic carbocycles. The van der Waals surface area contributed by atoms with Crippen LogP contribution in [-0.4, -0.2) is 66.0 Å². The highest BCUT2D eigenvalue weighted by molar-refractivity contribution is 7.89. The largest absolute Gasteiger partial charge is 0.465 e. The molecule has 31 heavy (non-hydrogen) atoms. The fraction of sp³-hybridized carbons (Fsp3) is 0.368. The number of ether oxygens (including phenoxy) is 1. The number of carbonyl (C=O) groups excluding carboxylic acids is 1. The van der Waals surface area contributed by atoms with Gasteiger partial charge in [-0.05, 0) is 25.1 Å². The summed E-state index contributed by atoms with van der Waals surface area (Å²) in [7, 11) is -3.79. The number of anilines is 1. The Bertz CT molecular complexity index is 1250. The Balaban J connectivity index is 1.54. The summed E-state index contributed by atoms with van der Waals surface area (Å²) < 4.78 is 38.7. The van der Waals surface area contributed by atoms with Crippen LogP contribution in [-0.2, 0) is 26.1 Å². The van der Waals surface area contributed by atoms with Crippen molar-refractivity contribution in [2.75, 3.05) is 37.7 Å². The minimum Gasteiger partial charge on any atom is -0.465 e. The average Bonchev–Trinajstić information content (AvgIpc) is 3.09. The van der Waals surface area contributed by atoms with Crippen molar-refractivity contribution < 1.29 is 22.4 Å². The van der Waals surface area contributed by atoms with Crippen molar-refractivity contribution in [2.45, 2.75) is 18.4 Å². The number of esters is 1. The molecule has 1 aliphatic heterocycles. The molecule has 3 aromatic rings. The van der Waals surface area contributed by atoms with Gasteiger partial charge in [0.2, 0.25) is 16.0 Å². The van der Waals surface area contributed by atoms with E-state index < -0.39 is 21.7 Å². The number of carbonyl (C=O) groups is 1. The number of piperazine rings is 1. The van der Waals surface area contributed by atoms with E-state index in [0.717, 1.165) is 4.57 Å². The summed E-state index contributed by atoms with van der Waals surface area (Å²) in [5, 5.41) is 0. The molecular formula is C19H21N5O6S. The normalized spacial score (nSPS) is 15.3. The van der Waals surface area contributed by atoms with Crippen molar-refractivity contribution in [3.8, 4) is 0 Å². The molecule has 3 heterocycles. The zero-order valence-corrected chi connectivity index (χ0v) is 17.6. The Morgan fingerprint density at radius 1 is 1.16 bits per heavy atom. The second-order valence-electron chi connectivity index (χ2n) is 6.83. The van der Waals surface area contributed by atoms with Crippen molar-refractivity contribution in [3.63, 3.8) is 0 Å². The van der Waals surface area contributed by atoms with Gasteiger partial charge in [-0.15, -0.1) is 0 Å². The van der Waals surface area contributed by atoms with Gasteiger partial charge in [0, 0.05) is 44.6 Å².